The van der Waals surface area contributed by atoms with Gasteiger partial charge in [0.2, 0.25) is 0 Å². The lowest BCUT2D eigenvalue weighted by Crippen LogP contribution is -2.24. The minimum absolute atomic E-state index is 0.160. The van der Waals surface area contributed by atoms with Gasteiger partial charge < -0.3 is 4.74 Å². The maximum atomic E-state index is 12.2. The molecule has 0 aliphatic carbocycles. The van der Waals surface area contributed by atoms with Crippen molar-refractivity contribution >= 4 is 81.5 Å². The van der Waals surface area contributed by atoms with Crippen LogP contribution in [0.25, 0.3) is 21.5 Å². The summed E-state index contributed by atoms with van der Waals surface area (Å²) in [6.07, 6.45) is 1.69. The maximum Gasteiger partial charge on any atom is 0.277 e. The highest BCUT2D eigenvalue weighted by Gasteiger charge is 2.11. The van der Waals surface area contributed by atoms with Gasteiger partial charge in [0.15, 0.2) is 6.61 Å². The number of halogens is 3. The number of nitrogens with zero attached hydrogens (tertiary/aromatic N) is 1. The van der Waals surface area contributed by atoms with Crippen LogP contribution in [0.3, 0.4) is 0 Å². The fourth-order valence-corrected chi connectivity index (χ4v) is 5.68. The van der Waals surface area contributed by atoms with Crippen molar-refractivity contribution in [1.82, 2.24) is 5.43 Å². The van der Waals surface area contributed by atoms with Crippen LogP contribution in [0.15, 0.2) is 85.2 Å². The molecule has 0 aliphatic rings. The molecule has 0 atom stereocenters. The lowest BCUT2D eigenvalue weighted by atomic mass is 9.97. The third-order valence-corrected chi connectivity index (χ3v) is 6.14. The van der Waals surface area contributed by atoms with Gasteiger partial charge in [0, 0.05) is 10.0 Å². The average Bonchev–Trinajstić information content (AvgIpc) is 2.72. The standard InChI is InChI=1S/C23H15Br3N2O2/c24-16-10-20(25)23(21(26)11-16)30-13-22(29)28-27-12-19-17-7-3-1-5-14(17)9-15-6-2-4-8-18(15)19/h1-12H,13H2,(H,28,29). The number of hydrogen-bond acceptors (Lipinski definition) is 3. The van der Waals surface area contributed by atoms with E-state index in [1.165, 1.54) is 0 Å². The second kappa shape index (κ2) is 9.29. The zero-order valence-electron chi connectivity index (χ0n) is 15.5. The van der Waals surface area contributed by atoms with Crippen molar-refractivity contribution in [2.45, 2.75) is 0 Å². The minimum Gasteiger partial charge on any atom is -0.481 e. The zero-order chi connectivity index (χ0) is 21.1. The fraction of sp³-hybridized carbons (Fsp3) is 0.0435. The number of hydrogen-bond donors (Lipinski definition) is 1. The molecule has 0 aromatic heterocycles. The van der Waals surface area contributed by atoms with Gasteiger partial charge in [-0.3, -0.25) is 4.79 Å². The maximum absolute atomic E-state index is 12.2. The van der Waals surface area contributed by atoms with E-state index in [2.05, 4.69) is 88.6 Å². The van der Waals surface area contributed by atoms with Crippen LogP contribution >= 0.6 is 47.8 Å². The molecule has 1 N–H and O–H groups in total. The number of fused-ring (bicyclic) bond motifs is 2. The van der Waals surface area contributed by atoms with Crippen molar-refractivity contribution in [1.29, 1.82) is 0 Å². The number of benzene rings is 4. The van der Waals surface area contributed by atoms with Gasteiger partial charge >= 0.3 is 0 Å². The number of nitrogens with one attached hydrogen (secondary N) is 1. The van der Waals surface area contributed by atoms with Crippen molar-refractivity contribution in [2.24, 2.45) is 5.10 Å². The zero-order valence-corrected chi connectivity index (χ0v) is 20.3. The molecule has 150 valence electrons. The molecule has 4 nitrogen and oxygen atoms in total. The Balaban J connectivity index is 1.52. The summed E-state index contributed by atoms with van der Waals surface area (Å²) in [7, 11) is 0. The van der Waals surface area contributed by atoms with Crippen LogP contribution < -0.4 is 10.2 Å². The van der Waals surface area contributed by atoms with Crippen LogP contribution in [0, 0.1) is 0 Å². The van der Waals surface area contributed by atoms with Crippen molar-refractivity contribution in [3.8, 4) is 5.75 Å². The molecule has 0 heterocycles. The summed E-state index contributed by atoms with van der Waals surface area (Å²) >= 11 is 10.3. The molecule has 4 aromatic carbocycles. The minimum atomic E-state index is -0.350. The van der Waals surface area contributed by atoms with Gasteiger partial charge in [-0.15, -0.1) is 0 Å². The van der Waals surface area contributed by atoms with Crippen molar-refractivity contribution in [3.05, 3.63) is 85.7 Å². The Kier molecular flexibility index (Phi) is 6.51. The predicted octanol–water partition coefficient (Wildman–Crippen LogP) is 6.81. The van der Waals surface area contributed by atoms with E-state index in [1.54, 1.807) is 6.21 Å². The summed E-state index contributed by atoms with van der Waals surface area (Å²) in [5.41, 5.74) is 3.51. The Hall–Kier alpha value is -2.22. The lowest BCUT2D eigenvalue weighted by molar-refractivity contribution is -0.123. The Morgan fingerprint density at radius 1 is 0.900 bits per heavy atom. The number of amides is 1. The Bertz CT molecular complexity index is 1210. The van der Waals surface area contributed by atoms with Crippen LogP contribution in [0.1, 0.15) is 5.56 Å². The van der Waals surface area contributed by atoms with Crippen molar-refractivity contribution in [3.63, 3.8) is 0 Å². The molecule has 4 rings (SSSR count). The third kappa shape index (κ3) is 4.58. The Morgan fingerprint density at radius 2 is 1.47 bits per heavy atom. The number of carbonyl (C=O) groups is 1. The summed E-state index contributed by atoms with van der Waals surface area (Å²) in [5, 5.41) is 8.58. The predicted molar refractivity (Wildman–Crippen MR) is 132 cm³/mol. The van der Waals surface area contributed by atoms with E-state index in [0.29, 0.717) is 5.75 Å². The van der Waals surface area contributed by atoms with Gasteiger partial charge in [-0.1, -0.05) is 64.5 Å². The largest absolute Gasteiger partial charge is 0.481 e. The molecular formula is C23H15Br3N2O2. The summed E-state index contributed by atoms with van der Waals surface area (Å²) in [6.45, 7) is -0.160. The van der Waals surface area contributed by atoms with E-state index in [9.17, 15) is 4.79 Å². The van der Waals surface area contributed by atoms with Gasteiger partial charge in [0.1, 0.15) is 5.75 Å². The molecule has 0 spiro atoms. The monoisotopic (exact) mass is 588 g/mol. The molecule has 0 fully saturated rings. The first kappa shape index (κ1) is 21.0. The second-order valence-corrected chi connectivity index (χ2v) is 9.14. The smallest absolute Gasteiger partial charge is 0.277 e. The normalized spacial score (nSPS) is 11.3. The molecule has 0 unspecified atom stereocenters. The first-order valence-electron chi connectivity index (χ1n) is 9.02. The van der Waals surface area contributed by atoms with Crippen LogP contribution in [-0.2, 0) is 4.79 Å². The molecular weight excluding hydrogens is 576 g/mol. The quantitative estimate of drug-likeness (QED) is 0.158. The fourth-order valence-electron chi connectivity index (χ4n) is 3.19. The van der Waals surface area contributed by atoms with Crippen LogP contribution in [0.4, 0.5) is 0 Å². The van der Waals surface area contributed by atoms with Gasteiger partial charge in [0.05, 0.1) is 15.2 Å². The topological polar surface area (TPSA) is 50.7 Å². The van der Waals surface area contributed by atoms with E-state index in [0.717, 1.165) is 40.5 Å². The number of carbonyl (C=O) groups excluding carboxylic acids is 1. The summed E-state index contributed by atoms with van der Waals surface area (Å²) in [5.74, 6) is 0.204. The summed E-state index contributed by atoms with van der Waals surface area (Å²) in [6, 6.07) is 22.1. The van der Waals surface area contributed by atoms with Crippen LogP contribution in [0.2, 0.25) is 0 Å². The number of ether oxygens (including phenoxy) is 1. The van der Waals surface area contributed by atoms with Gasteiger partial charge in [-0.2, -0.15) is 5.10 Å². The number of hydrazone groups is 1. The van der Waals surface area contributed by atoms with Crippen molar-refractivity contribution < 1.29 is 9.53 Å². The molecule has 1 amide bonds. The second-order valence-electron chi connectivity index (χ2n) is 6.51. The lowest BCUT2D eigenvalue weighted by Gasteiger charge is -2.10. The summed E-state index contributed by atoms with van der Waals surface area (Å²) < 4.78 is 8.00. The van der Waals surface area contributed by atoms with E-state index in [-0.39, 0.29) is 12.5 Å². The molecule has 0 bridgehead atoms. The highest BCUT2D eigenvalue weighted by Crippen LogP contribution is 2.36. The van der Waals surface area contributed by atoms with Gasteiger partial charge in [-0.05, 0) is 71.6 Å². The highest BCUT2D eigenvalue weighted by molar-refractivity contribution is 9.11. The SMILES string of the molecule is O=C(COc1c(Br)cc(Br)cc1Br)NN=Cc1c2ccccc2cc2ccccc12. The van der Waals surface area contributed by atoms with Gasteiger partial charge in [-0.25, -0.2) is 5.43 Å². The van der Waals surface area contributed by atoms with Crippen LogP contribution in [-0.4, -0.2) is 18.7 Å². The molecule has 0 saturated heterocycles. The third-order valence-electron chi connectivity index (χ3n) is 4.51. The first-order valence-corrected chi connectivity index (χ1v) is 11.4. The Labute approximate surface area is 198 Å². The summed E-state index contributed by atoms with van der Waals surface area (Å²) in [4.78, 5) is 12.2. The van der Waals surface area contributed by atoms with Crippen LogP contribution in [0.5, 0.6) is 5.75 Å². The van der Waals surface area contributed by atoms with E-state index in [4.69, 9.17) is 4.74 Å². The molecule has 0 saturated carbocycles. The molecule has 0 radical (unpaired) electrons. The van der Waals surface area contributed by atoms with Crippen molar-refractivity contribution in [2.75, 3.05) is 6.61 Å². The average molecular weight is 591 g/mol. The van der Waals surface area contributed by atoms with E-state index < -0.39 is 0 Å². The molecule has 4 aromatic rings. The van der Waals surface area contributed by atoms with E-state index >= 15 is 0 Å². The number of rotatable bonds is 5. The molecule has 0 aliphatic heterocycles. The van der Waals surface area contributed by atoms with E-state index in [1.807, 2.05) is 36.4 Å². The molecule has 30 heavy (non-hydrogen) atoms. The Morgan fingerprint density at radius 3 is 2.07 bits per heavy atom. The van der Waals surface area contributed by atoms with Gasteiger partial charge in [0.25, 0.3) is 5.91 Å². The highest BCUT2D eigenvalue weighted by atomic mass is 79.9. The molecule has 7 heteroatoms. The first-order chi connectivity index (χ1) is 14.5.